The van der Waals surface area contributed by atoms with Gasteiger partial charge in [0, 0.05) is 40.2 Å². The van der Waals surface area contributed by atoms with Crippen molar-refractivity contribution in [1.29, 1.82) is 0 Å². The van der Waals surface area contributed by atoms with E-state index >= 15 is 0 Å². The molecule has 0 aliphatic carbocycles. The molecule has 0 aromatic heterocycles. The van der Waals surface area contributed by atoms with Crippen LogP contribution < -0.4 is 5.32 Å². The molecule has 2 N–H and O–H groups in total. The lowest BCUT2D eigenvalue weighted by atomic mass is 10.3. The van der Waals surface area contributed by atoms with Crippen LogP contribution >= 0.6 is 0 Å². The Kier molecular flexibility index (Phi) is 5.56. The molecule has 0 aromatic carbocycles. The average molecular weight is 273 g/mol. The van der Waals surface area contributed by atoms with Gasteiger partial charge in [-0.3, -0.25) is 4.79 Å². The SMILES string of the molecule is COCC(NC(=O)N1CCN(C(C)=O)CC1)C(=O)O. The maximum absolute atomic E-state index is 11.9. The van der Waals surface area contributed by atoms with Crippen molar-refractivity contribution < 1.29 is 24.2 Å². The molecule has 1 heterocycles. The van der Waals surface area contributed by atoms with Crippen molar-refractivity contribution in [1.82, 2.24) is 15.1 Å². The molecule has 0 bridgehead atoms. The first-order valence-corrected chi connectivity index (χ1v) is 5.98. The van der Waals surface area contributed by atoms with Gasteiger partial charge in [-0.05, 0) is 0 Å². The molecule has 1 fully saturated rings. The van der Waals surface area contributed by atoms with Gasteiger partial charge in [-0.2, -0.15) is 0 Å². The number of rotatable bonds is 4. The first-order valence-electron chi connectivity index (χ1n) is 5.98. The molecule has 108 valence electrons. The van der Waals surface area contributed by atoms with Gasteiger partial charge in [0.05, 0.1) is 6.61 Å². The molecular weight excluding hydrogens is 254 g/mol. The van der Waals surface area contributed by atoms with Gasteiger partial charge in [0.25, 0.3) is 0 Å². The van der Waals surface area contributed by atoms with Gasteiger partial charge in [0.2, 0.25) is 5.91 Å². The maximum atomic E-state index is 11.9. The summed E-state index contributed by atoms with van der Waals surface area (Å²) in [7, 11) is 1.37. The van der Waals surface area contributed by atoms with Crippen LogP contribution in [0.15, 0.2) is 0 Å². The average Bonchev–Trinajstić information content (AvgIpc) is 2.38. The Hall–Kier alpha value is -1.83. The Morgan fingerprint density at radius 1 is 1.21 bits per heavy atom. The number of carboxylic acids is 1. The largest absolute Gasteiger partial charge is 0.480 e. The number of piperazine rings is 1. The van der Waals surface area contributed by atoms with Crippen molar-refractivity contribution in [2.45, 2.75) is 13.0 Å². The summed E-state index contributed by atoms with van der Waals surface area (Å²) in [6, 6.07) is -1.52. The highest BCUT2D eigenvalue weighted by Crippen LogP contribution is 2.02. The number of carbonyl (C=O) groups excluding carboxylic acids is 2. The maximum Gasteiger partial charge on any atom is 0.328 e. The van der Waals surface area contributed by atoms with E-state index < -0.39 is 18.0 Å². The molecule has 8 heteroatoms. The van der Waals surface area contributed by atoms with E-state index in [9.17, 15) is 14.4 Å². The molecule has 1 aliphatic rings. The second kappa shape index (κ2) is 6.93. The third-order valence-corrected chi connectivity index (χ3v) is 2.94. The number of amides is 3. The van der Waals surface area contributed by atoms with Crippen LogP contribution in [0.2, 0.25) is 0 Å². The summed E-state index contributed by atoms with van der Waals surface area (Å²) in [5, 5.41) is 11.3. The van der Waals surface area contributed by atoms with E-state index in [4.69, 9.17) is 9.84 Å². The first-order chi connectivity index (χ1) is 8.95. The second-order valence-electron chi connectivity index (χ2n) is 4.29. The van der Waals surface area contributed by atoms with Crippen molar-refractivity contribution in [2.75, 3.05) is 39.9 Å². The number of aliphatic carboxylic acids is 1. The predicted octanol–water partition coefficient (Wildman–Crippen LogP) is -1.04. The molecule has 0 radical (unpaired) electrons. The Morgan fingerprint density at radius 2 is 1.74 bits per heavy atom. The Labute approximate surface area is 111 Å². The van der Waals surface area contributed by atoms with E-state index in [1.165, 1.54) is 18.9 Å². The number of hydrogen-bond acceptors (Lipinski definition) is 4. The fourth-order valence-electron chi connectivity index (χ4n) is 1.81. The Balaban J connectivity index is 2.46. The molecule has 3 amide bonds. The standard InChI is InChI=1S/C11H19N3O5/c1-8(15)13-3-5-14(6-4-13)11(18)12-9(7-19-2)10(16)17/h9H,3-7H2,1-2H3,(H,12,18)(H,16,17). The Morgan fingerprint density at radius 3 is 2.16 bits per heavy atom. The van der Waals surface area contributed by atoms with Crippen LogP contribution in [0, 0.1) is 0 Å². The second-order valence-corrected chi connectivity index (χ2v) is 4.29. The van der Waals surface area contributed by atoms with Gasteiger partial charge in [-0.25, -0.2) is 9.59 Å². The molecular formula is C11H19N3O5. The fraction of sp³-hybridized carbons (Fsp3) is 0.727. The highest BCUT2D eigenvalue weighted by atomic mass is 16.5. The van der Waals surface area contributed by atoms with E-state index in [0.717, 1.165) is 0 Å². The Bertz CT molecular complexity index is 352. The minimum Gasteiger partial charge on any atom is -0.480 e. The van der Waals surface area contributed by atoms with E-state index in [2.05, 4.69) is 5.32 Å². The minimum absolute atomic E-state index is 0.0251. The van der Waals surface area contributed by atoms with E-state index in [1.54, 1.807) is 4.90 Å². The van der Waals surface area contributed by atoms with E-state index in [-0.39, 0.29) is 12.5 Å². The van der Waals surface area contributed by atoms with Crippen LogP contribution in [0.5, 0.6) is 0 Å². The van der Waals surface area contributed by atoms with Crippen LogP contribution in [-0.2, 0) is 14.3 Å². The van der Waals surface area contributed by atoms with Crippen molar-refractivity contribution in [3.8, 4) is 0 Å². The van der Waals surface area contributed by atoms with Gasteiger partial charge >= 0.3 is 12.0 Å². The molecule has 1 saturated heterocycles. The smallest absolute Gasteiger partial charge is 0.328 e. The molecule has 0 saturated carbocycles. The van der Waals surface area contributed by atoms with Crippen molar-refractivity contribution in [3.63, 3.8) is 0 Å². The van der Waals surface area contributed by atoms with Crippen LogP contribution in [0.25, 0.3) is 0 Å². The fourth-order valence-corrected chi connectivity index (χ4v) is 1.81. The number of ether oxygens (including phenoxy) is 1. The van der Waals surface area contributed by atoms with Crippen molar-refractivity contribution >= 4 is 17.9 Å². The van der Waals surface area contributed by atoms with E-state index in [1.807, 2.05) is 0 Å². The normalized spacial score (nSPS) is 16.9. The third kappa shape index (κ3) is 4.40. The lowest BCUT2D eigenvalue weighted by Crippen LogP contribution is -2.56. The molecule has 1 rings (SSSR count). The number of methoxy groups -OCH3 is 1. The topological polar surface area (TPSA) is 99.2 Å². The molecule has 8 nitrogen and oxygen atoms in total. The summed E-state index contributed by atoms with van der Waals surface area (Å²) in [6.07, 6.45) is 0. The lowest BCUT2D eigenvalue weighted by Gasteiger charge is -2.34. The summed E-state index contributed by atoms with van der Waals surface area (Å²) < 4.78 is 4.74. The molecule has 1 aliphatic heterocycles. The van der Waals surface area contributed by atoms with E-state index in [0.29, 0.717) is 26.2 Å². The van der Waals surface area contributed by atoms with Crippen LogP contribution in [0.1, 0.15) is 6.92 Å². The summed E-state index contributed by atoms with van der Waals surface area (Å²) in [5.74, 6) is -1.17. The van der Waals surface area contributed by atoms with Gasteiger partial charge < -0.3 is 25.0 Å². The van der Waals surface area contributed by atoms with Crippen molar-refractivity contribution in [2.24, 2.45) is 0 Å². The summed E-state index contributed by atoms with van der Waals surface area (Å²) >= 11 is 0. The molecule has 19 heavy (non-hydrogen) atoms. The number of hydrogen-bond donors (Lipinski definition) is 2. The van der Waals surface area contributed by atoms with Gasteiger partial charge in [0.15, 0.2) is 6.04 Å². The zero-order valence-electron chi connectivity index (χ0n) is 11.1. The van der Waals surface area contributed by atoms with Crippen LogP contribution in [-0.4, -0.2) is 78.8 Å². The first kappa shape index (κ1) is 15.2. The molecule has 1 unspecified atom stereocenters. The number of urea groups is 1. The minimum atomic E-state index is -1.14. The third-order valence-electron chi connectivity index (χ3n) is 2.94. The van der Waals surface area contributed by atoms with Crippen molar-refractivity contribution in [3.05, 3.63) is 0 Å². The number of nitrogens with zero attached hydrogens (tertiary/aromatic N) is 2. The summed E-state index contributed by atoms with van der Waals surface area (Å²) in [5.41, 5.74) is 0. The molecule has 0 spiro atoms. The van der Waals surface area contributed by atoms with Gasteiger partial charge in [-0.1, -0.05) is 0 Å². The quantitative estimate of drug-likeness (QED) is 0.681. The summed E-state index contributed by atoms with van der Waals surface area (Å²) in [6.45, 7) is 3.11. The number of nitrogens with one attached hydrogen (secondary N) is 1. The highest BCUT2D eigenvalue weighted by molar-refractivity contribution is 5.83. The number of carboxylic acid groups (broad SMARTS) is 1. The van der Waals surface area contributed by atoms with Crippen LogP contribution in [0.4, 0.5) is 4.79 Å². The van der Waals surface area contributed by atoms with Gasteiger partial charge in [-0.15, -0.1) is 0 Å². The number of carbonyl (C=O) groups is 3. The molecule has 0 aromatic rings. The predicted molar refractivity (Wildman–Crippen MR) is 65.7 cm³/mol. The van der Waals surface area contributed by atoms with Gasteiger partial charge in [0.1, 0.15) is 0 Å². The molecule has 1 atom stereocenters. The zero-order valence-corrected chi connectivity index (χ0v) is 11.1. The zero-order chi connectivity index (χ0) is 14.4. The monoisotopic (exact) mass is 273 g/mol. The highest BCUT2D eigenvalue weighted by Gasteiger charge is 2.26. The summed E-state index contributed by atoms with van der Waals surface area (Å²) in [4.78, 5) is 37.0. The van der Waals surface area contributed by atoms with Crippen LogP contribution in [0.3, 0.4) is 0 Å². The lowest BCUT2D eigenvalue weighted by molar-refractivity contribution is -0.140.